The molecule has 1 saturated heterocycles. The first-order valence-corrected chi connectivity index (χ1v) is 9.88. The summed E-state index contributed by atoms with van der Waals surface area (Å²) in [7, 11) is 0. The van der Waals surface area contributed by atoms with Crippen LogP contribution < -0.4 is 5.32 Å². The van der Waals surface area contributed by atoms with Crippen molar-refractivity contribution in [2.75, 3.05) is 26.2 Å². The van der Waals surface area contributed by atoms with E-state index < -0.39 is 6.04 Å². The molecule has 1 fully saturated rings. The highest BCUT2D eigenvalue weighted by Gasteiger charge is 2.34. The molecule has 1 aliphatic rings. The van der Waals surface area contributed by atoms with Crippen LogP contribution in [0, 0.1) is 0 Å². The molecule has 1 atom stereocenters. The van der Waals surface area contributed by atoms with Gasteiger partial charge in [-0.05, 0) is 51.4 Å². The summed E-state index contributed by atoms with van der Waals surface area (Å²) in [5, 5.41) is 3.80. The number of amides is 2. The van der Waals surface area contributed by atoms with Crippen LogP contribution in [0.3, 0.4) is 0 Å². The molecule has 2 rings (SSSR count). The summed E-state index contributed by atoms with van der Waals surface area (Å²) < 4.78 is 0. The first kappa shape index (κ1) is 21.0. The molecule has 1 aromatic carbocycles. The molecule has 7 heteroatoms. The maximum Gasteiger partial charge on any atom is 0.254 e. The summed E-state index contributed by atoms with van der Waals surface area (Å²) in [5.41, 5.74) is 0.416. The molecule has 1 aromatic rings. The van der Waals surface area contributed by atoms with Gasteiger partial charge in [-0.3, -0.25) is 14.5 Å². The van der Waals surface area contributed by atoms with E-state index in [9.17, 15) is 9.59 Å². The quantitative estimate of drug-likeness (QED) is 0.763. The SMILES string of the molecule is CCN(CCNC(=O)C1CCCN1C(=O)c1cc(Cl)cc(Cl)c1)C(C)C. The standard InChI is InChI=1S/C19H27Cl2N3O2/c1-4-23(13(2)3)9-7-22-18(25)17-6-5-8-24(17)19(26)14-10-15(20)12-16(21)11-14/h10-13,17H,4-9H2,1-3H3,(H,22,25). The lowest BCUT2D eigenvalue weighted by Crippen LogP contribution is -2.48. The summed E-state index contributed by atoms with van der Waals surface area (Å²) in [6.45, 7) is 9.26. The molecule has 0 aliphatic carbocycles. The summed E-state index contributed by atoms with van der Waals surface area (Å²) in [6.07, 6.45) is 1.48. The molecule has 1 unspecified atom stereocenters. The van der Waals surface area contributed by atoms with Gasteiger partial charge < -0.3 is 10.2 Å². The fraction of sp³-hybridized carbons (Fsp3) is 0.579. The maximum atomic E-state index is 12.8. The molecular weight excluding hydrogens is 373 g/mol. The van der Waals surface area contributed by atoms with E-state index in [2.05, 4.69) is 31.0 Å². The number of likely N-dealkylation sites (tertiary alicyclic amines) is 1. The number of nitrogens with zero attached hydrogens (tertiary/aromatic N) is 2. The highest BCUT2D eigenvalue weighted by Crippen LogP contribution is 2.24. The molecule has 5 nitrogen and oxygen atoms in total. The number of hydrogen-bond acceptors (Lipinski definition) is 3. The number of likely N-dealkylation sites (N-methyl/N-ethyl adjacent to an activating group) is 1. The minimum Gasteiger partial charge on any atom is -0.353 e. The summed E-state index contributed by atoms with van der Waals surface area (Å²) in [6, 6.07) is 4.76. The van der Waals surface area contributed by atoms with E-state index in [1.54, 1.807) is 23.1 Å². The van der Waals surface area contributed by atoms with E-state index in [0.29, 0.717) is 41.2 Å². The number of halogens is 2. The Morgan fingerprint density at radius 3 is 2.50 bits per heavy atom. The van der Waals surface area contributed by atoms with E-state index in [1.165, 1.54) is 0 Å². The number of hydrogen-bond donors (Lipinski definition) is 1. The van der Waals surface area contributed by atoms with Gasteiger partial charge in [0.15, 0.2) is 0 Å². The van der Waals surface area contributed by atoms with Crippen molar-refractivity contribution in [3.8, 4) is 0 Å². The van der Waals surface area contributed by atoms with Crippen molar-refractivity contribution in [2.45, 2.75) is 45.7 Å². The second kappa shape index (κ2) is 9.58. The van der Waals surface area contributed by atoms with Crippen LogP contribution in [-0.2, 0) is 4.79 Å². The van der Waals surface area contributed by atoms with E-state index in [0.717, 1.165) is 19.5 Å². The van der Waals surface area contributed by atoms with Crippen LogP contribution in [0.4, 0.5) is 0 Å². The third-order valence-electron chi connectivity index (χ3n) is 4.76. The molecule has 1 aliphatic heterocycles. The predicted octanol–water partition coefficient (Wildman–Crippen LogP) is 3.44. The fourth-order valence-corrected chi connectivity index (χ4v) is 3.87. The van der Waals surface area contributed by atoms with Gasteiger partial charge in [0, 0.05) is 41.3 Å². The van der Waals surface area contributed by atoms with Gasteiger partial charge in [0.2, 0.25) is 5.91 Å². The van der Waals surface area contributed by atoms with Crippen molar-refractivity contribution >= 4 is 35.0 Å². The fourth-order valence-electron chi connectivity index (χ4n) is 3.35. The van der Waals surface area contributed by atoms with E-state index in [-0.39, 0.29) is 11.8 Å². The molecule has 0 radical (unpaired) electrons. The highest BCUT2D eigenvalue weighted by molar-refractivity contribution is 6.35. The van der Waals surface area contributed by atoms with Gasteiger partial charge in [-0.25, -0.2) is 0 Å². The van der Waals surface area contributed by atoms with Gasteiger partial charge in [-0.1, -0.05) is 30.1 Å². The van der Waals surface area contributed by atoms with Gasteiger partial charge in [-0.2, -0.15) is 0 Å². The Balaban J connectivity index is 1.98. The van der Waals surface area contributed by atoms with Crippen LogP contribution in [0.2, 0.25) is 10.0 Å². The van der Waals surface area contributed by atoms with Gasteiger partial charge in [0.1, 0.15) is 6.04 Å². The Kier molecular flexibility index (Phi) is 7.74. The third-order valence-corrected chi connectivity index (χ3v) is 5.20. The zero-order valence-electron chi connectivity index (χ0n) is 15.6. The number of benzene rings is 1. The topological polar surface area (TPSA) is 52.7 Å². The lowest BCUT2D eigenvalue weighted by Gasteiger charge is -2.27. The van der Waals surface area contributed by atoms with Crippen molar-refractivity contribution in [1.29, 1.82) is 0 Å². The zero-order valence-corrected chi connectivity index (χ0v) is 17.1. The normalized spacial score (nSPS) is 17.2. The average Bonchev–Trinajstić information content (AvgIpc) is 3.06. The molecule has 26 heavy (non-hydrogen) atoms. The Labute approximate surface area is 165 Å². The van der Waals surface area contributed by atoms with Crippen molar-refractivity contribution in [3.05, 3.63) is 33.8 Å². The monoisotopic (exact) mass is 399 g/mol. The molecular formula is C19H27Cl2N3O2. The molecule has 1 N–H and O–H groups in total. The van der Waals surface area contributed by atoms with Crippen molar-refractivity contribution in [1.82, 2.24) is 15.1 Å². The molecule has 2 amide bonds. The van der Waals surface area contributed by atoms with Crippen LogP contribution in [0.5, 0.6) is 0 Å². The largest absolute Gasteiger partial charge is 0.353 e. The van der Waals surface area contributed by atoms with Crippen molar-refractivity contribution in [2.24, 2.45) is 0 Å². The highest BCUT2D eigenvalue weighted by atomic mass is 35.5. The van der Waals surface area contributed by atoms with E-state index in [4.69, 9.17) is 23.2 Å². The van der Waals surface area contributed by atoms with Gasteiger partial charge in [-0.15, -0.1) is 0 Å². The van der Waals surface area contributed by atoms with Gasteiger partial charge in [0.05, 0.1) is 0 Å². The Morgan fingerprint density at radius 1 is 1.27 bits per heavy atom. The first-order chi connectivity index (χ1) is 12.3. The zero-order chi connectivity index (χ0) is 19.3. The lowest BCUT2D eigenvalue weighted by molar-refractivity contribution is -0.124. The van der Waals surface area contributed by atoms with Crippen LogP contribution in [0.15, 0.2) is 18.2 Å². The number of carbonyl (C=O) groups is 2. The third kappa shape index (κ3) is 5.35. The smallest absolute Gasteiger partial charge is 0.254 e. The second-order valence-electron chi connectivity index (χ2n) is 6.83. The number of carbonyl (C=O) groups excluding carboxylic acids is 2. The summed E-state index contributed by atoms with van der Waals surface area (Å²) in [4.78, 5) is 29.3. The molecule has 144 valence electrons. The number of nitrogens with one attached hydrogen (secondary N) is 1. The second-order valence-corrected chi connectivity index (χ2v) is 7.70. The lowest BCUT2D eigenvalue weighted by atomic mass is 10.1. The number of rotatable bonds is 7. The maximum absolute atomic E-state index is 12.8. The molecule has 0 bridgehead atoms. The van der Waals surface area contributed by atoms with Crippen LogP contribution >= 0.6 is 23.2 Å². The van der Waals surface area contributed by atoms with Crippen LogP contribution in [0.1, 0.15) is 44.0 Å². The molecule has 1 heterocycles. The molecule has 0 aromatic heterocycles. The molecule has 0 spiro atoms. The minimum absolute atomic E-state index is 0.0937. The van der Waals surface area contributed by atoms with Gasteiger partial charge >= 0.3 is 0 Å². The Hall–Kier alpha value is -1.30. The predicted molar refractivity (Wildman–Crippen MR) is 106 cm³/mol. The van der Waals surface area contributed by atoms with Crippen molar-refractivity contribution in [3.63, 3.8) is 0 Å². The van der Waals surface area contributed by atoms with E-state index >= 15 is 0 Å². The van der Waals surface area contributed by atoms with Gasteiger partial charge in [0.25, 0.3) is 5.91 Å². The Morgan fingerprint density at radius 2 is 1.92 bits per heavy atom. The minimum atomic E-state index is -0.436. The van der Waals surface area contributed by atoms with Crippen molar-refractivity contribution < 1.29 is 9.59 Å². The first-order valence-electron chi connectivity index (χ1n) is 9.12. The average molecular weight is 400 g/mol. The van der Waals surface area contributed by atoms with E-state index in [1.807, 2.05) is 0 Å². The molecule has 0 saturated carbocycles. The Bertz CT molecular complexity index is 631. The van der Waals surface area contributed by atoms with Crippen LogP contribution in [-0.4, -0.2) is 59.9 Å². The van der Waals surface area contributed by atoms with Crippen LogP contribution in [0.25, 0.3) is 0 Å². The summed E-state index contributed by atoms with van der Waals surface area (Å²) in [5.74, 6) is -0.298. The summed E-state index contributed by atoms with van der Waals surface area (Å²) >= 11 is 12.0.